The van der Waals surface area contributed by atoms with Gasteiger partial charge in [-0.3, -0.25) is 9.59 Å². The van der Waals surface area contributed by atoms with Crippen LogP contribution in [0.15, 0.2) is 30.6 Å². The molecule has 1 fully saturated rings. The zero-order valence-corrected chi connectivity index (χ0v) is 16.2. The second-order valence-corrected chi connectivity index (χ2v) is 6.70. The number of fused-ring (bicyclic) bond motifs is 1. The predicted molar refractivity (Wildman–Crippen MR) is 109 cm³/mol. The lowest BCUT2D eigenvalue weighted by molar-refractivity contribution is 0.0939. The van der Waals surface area contributed by atoms with Crippen molar-refractivity contribution < 1.29 is 9.59 Å². The SMILES string of the molecule is CCNC(=O)c1ncccc1Nc1cc(NC)c2ncc(C(=O)NC3CC3)n2n1. The topological polar surface area (TPSA) is 125 Å². The number of nitrogens with zero attached hydrogens (tertiary/aromatic N) is 4. The van der Waals surface area contributed by atoms with Crippen LogP contribution in [0.2, 0.25) is 0 Å². The van der Waals surface area contributed by atoms with Gasteiger partial charge < -0.3 is 21.3 Å². The Hall–Kier alpha value is -3.69. The second kappa shape index (κ2) is 7.74. The van der Waals surface area contributed by atoms with Crippen LogP contribution in [0.3, 0.4) is 0 Å². The average Bonchev–Trinajstić information content (AvgIpc) is 3.43. The Morgan fingerprint density at radius 2 is 2.03 bits per heavy atom. The van der Waals surface area contributed by atoms with Crippen molar-refractivity contribution in [3.05, 3.63) is 42.0 Å². The molecule has 0 aromatic carbocycles. The molecule has 0 radical (unpaired) electrons. The fourth-order valence-corrected chi connectivity index (χ4v) is 2.92. The molecule has 0 aliphatic heterocycles. The number of nitrogens with one attached hydrogen (secondary N) is 4. The summed E-state index contributed by atoms with van der Waals surface area (Å²) in [6.07, 6.45) is 5.05. The Balaban J connectivity index is 1.71. The fourth-order valence-electron chi connectivity index (χ4n) is 2.92. The summed E-state index contributed by atoms with van der Waals surface area (Å²) in [6.45, 7) is 2.34. The molecule has 0 saturated heterocycles. The molecule has 3 aromatic rings. The summed E-state index contributed by atoms with van der Waals surface area (Å²) in [5.74, 6) is -0.0485. The monoisotopic (exact) mass is 394 g/mol. The number of anilines is 3. The number of carbonyl (C=O) groups excluding carboxylic acids is 2. The number of hydrogen-bond acceptors (Lipinski definition) is 7. The van der Waals surface area contributed by atoms with Crippen LogP contribution in [-0.2, 0) is 0 Å². The predicted octanol–water partition coefficient (Wildman–Crippen LogP) is 1.55. The van der Waals surface area contributed by atoms with E-state index in [0.717, 1.165) is 12.8 Å². The minimum Gasteiger partial charge on any atom is -0.385 e. The molecule has 4 rings (SSSR count). The molecular weight excluding hydrogens is 372 g/mol. The van der Waals surface area contributed by atoms with Crippen molar-refractivity contribution in [3.8, 4) is 0 Å². The third kappa shape index (κ3) is 3.82. The highest BCUT2D eigenvalue weighted by molar-refractivity contribution is 5.98. The van der Waals surface area contributed by atoms with Crippen LogP contribution in [0.1, 0.15) is 40.7 Å². The van der Waals surface area contributed by atoms with Gasteiger partial charge in [-0.25, -0.2) is 14.5 Å². The van der Waals surface area contributed by atoms with Gasteiger partial charge in [0.25, 0.3) is 11.8 Å². The van der Waals surface area contributed by atoms with E-state index in [1.807, 2.05) is 6.92 Å². The molecule has 3 aromatic heterocycles. The quantitative estimate of drug-likeness (QED) is 0.479. The summed E-state index contributed by atoms with van der Waals surface area (Å²) in [4.78, 5) is 33.3. The smallest absolute Gasteiger partial charge is 0.272 e. The first-order chi connectivity index (χ1) is 14.1. The highest BCUT2D eigenvalue weighted by atomic mass is 16.2. The second-order valence-electron chi connectivity index (χ2n) is 6.70. The number of carbonyl (C=O) groups is 2. The molecule has 0 unspecified atom stereocenters. The molecule has 150 valence electrons. The molecule has 4 N–H and O–H groups in total. The van der Waals surface area contributed by atoms with Crippen LogP contribution in [0.4, 0.5) is 17.2 Å². The third-order valence-electron chi connectivity index (χ3n) is 4.51. The molecule has 0 bridgehead atoms. The van der Waals surface area contributed by atoms with E-state index in [-0.39, 0.29) is 23.6 Å². The van der Waals surface area contributed by atoms with Crippen LogP contribution in [0.5, 0.6) is 0 Å². The number of imidazole rings is 1. The van der Waals surface area contributed by atoms with E-state index in [4.69, 9.17) is 0 Å². The maximum Gasteiger partial charge on any atom is 0.272 e. The zero-order chi connectivity index (χ0) is 20.4. The summed E-state index contributed by atoms with van der Waals surface area (Å²) in [5.41, 5.74) is 2.35. The van der Waals surface area contributed by atoms with Gasteiger partial charge in [0.05, 0.1) is 17.6 Å². The van der Waals surface area contributed by atoms with E-state index >= 15 is 0 Å². The van der Waals surface area contributed by atoms with Crippen molar-refractivity contribution in [3.63, 3.8) is 0 Å². The van der Waals surface area contributed by atoms with Gasteiger partial charge in [0.15, 0.2) is 22.9 Å². The number of hydrogen-bond donors (Lipinski definition) is 4. The van der Waals surface area contributed by atoms with E-state index in [1.165, 1.54) is 10.7 Å². The van der Waals surface area contributed by atoms with Gasteiger partial charge >= 0.3 is 0 Å². The first kappa shape index (κ1) is 18.7. The van der Waals surface area contributed by atoms with E-state index in [0.29, 0.717) is 35.1 Å². The summed E-state index contributed by atoms with van der Waals surface area (Å²) in [5, 5.41) is 16.4. The maximum atomic E-state index is 12.5. The van der Waals surface area contributed by atoms with Crippen LogP contribution < -0.4 is 21.3 Å². The first-order valence-corrected chi connectivity index (χ1v) is 9.48. The molecule has 10 nitrogen and oxygen atoms in total. The van der Waals surface area contributed by atoms with E-state index in [2.05, 4.69) is 36.3 Å². The Morgan fingerprint density at radius 1 is 1.21 bits per heavy atom. The van der Waals surface area contributed by atoms with Crippen LogP contribution in [0, 0.1) is 0 Å². The lowest BCUT2D eigenvalue weighted by Gasteiger charge is -2.12. The number of amides is 2. The minimum absolute atomic E-state index is 0.212. The number of pyridine rings is 1. The summed E-state index contributed by atoms with van der Waals surface area (Å²) in [6, 6.07) is 5.47. The lowest BCUT2D eigenvalue weighted by atomic mass is 10.2. The standard InChI is InChI=1S/C19H22N8O2/c1-3-21-19(29)16-12(5-4-8-22-16)25-15-9-13(20-2)17-23-10-14(27(17)26-15)18(28)24-11-6-7-11/h4-5,8-11,20H,3,6-7H2,1-2H3,(H,21,29)(H,24,28)(H,25,26). The van der Waals surface area contributed by atoms with Crippen molar-refractivity contribution >= 4 is 34.7 Å². The van der Waals surface area contributed by atoms with Crippen LogP contribution in [0.25, 0.3) is 5.65 Å². The molecule has 29 heavy (non-hydrogen) atoms. The molecule has 3 heterocycles. The van der Waals surface area contributed by atoms with Gasteiger partial charge in [0.2, 0.25) is 0 Å². The molecule has 0 spiro atoms. The molecule has 1 aliphatic rings. The van der Waals surface area contributed by atoms with Crippen molar-refractivity contribution in [1.29, 1.82) is 0 Å². The Morgan fingerprint density at radius 3 is 2.76 bits per heavy atom. The molecule has 2 amide bonds. The molecule has 0 atom stereocenters. The average molecular weight is 394 g/mol. The van der Waals surface area contributed by atoms with Gasteiger partial charge in [-0.1, -0.05) is 0 Å². The van der Waals surface area contributed by atoms with Gasteiger partial charge in [-0.05, 0) is 31.9 Å². The normalized spacial score (nSPS) is 13.2. The zero-order valence-electron chi connectivity index (χ0n) is 16.2. The largest absolute Gasteiger partial charge is 0.385 e. The third-order valence-corrected chi connectivity index (χ3v) is 4.51. The molecule has 1 aliphatic carbocycles. The Kier molecular flexibility index (Phi) is 4.98. The van der Waals surface area contributed by atoms with E-state index in [9.17, 15) is 9.59 Å². The lowest BCUT2D eigenvalue weighted by Crippen LogP contribution is -2.27. The summed E-state index contributed by atoms with van der Waals surface area (Å²) in [7, 11) is 1.77. The van der Waals surface area contributed by atoms with E-state index in [1.54, 1.807) is 31.4 Å². The summed E-state index contributed by atoms with van der Waals surface area (Å²) < 4.78 is 1.49. The van der Waals surface area contributed by atoms with Gasteiger partial charge in [0, 0.05) is 31.9 Å². The van der Waals surface area contributed by atoms with E-state index < -0.39 is 0 Å². The summed E-state index contributed by atoms with van der Waals surface area (Å²) >= 11 is 0. The van der Waals surface area contributed by atoms with Crippen molar-refractivity contribution in [2.45, 2.75) is 25.8 Å². The van der Waals surface area contributed by atoms with Gasteiger partial charge in [0.1, 0.15) is 0 Å². The first-order valence-electron chi connectivity index (χ1n) is 9.48. The maximum absolute atomic E-state index is 12.5. The number of aromatic nitrogens is 4. The van der Waals surface area contributed by atoms with Crippen LogP contribution >= 0.6 is 0 Å². The van der Waals surface area contributed by atoms with Gasteiger partial charge in [-0.15, -0.1) is 5.10 Å². The van der Waals surface area contributed by atoms with Gasteiger partial charge in [-0.2, -0.15) is 0 Å². The molecule has 10 heteroatoms. The Labute approximate surface area is 167 Å². The number of rotatable bonds is 7. The van der Waals surface area contributed by atoms with Crippen LogP contribution in [-0.4, -0.2) is 51.0 Å². The molecule has 1 saturated carbocycles. The molecular formula is C19H22N8O2. The minimum atomic E-state index is -0.280. The highest BCUT2D eigenvalue weighted by Gasteiger charge is 2.26. The Bertz CT molecular complexity index is 1070. The van der Waals surface area contributed by atoms with Crippen molar-refractivity contribution in [2.24, 2.45) is 0 Å². The van der Waals surface area contributed by atoms with Crippen molar-refractivity contribution in [1.82, 2.24) is 30.2 Å². The highest BCUT2D eigenvalue weighted by Crippen LogP contribution is 2.24. The fraction of sp³-hybridized carbons (Fsp3) is 0.316. The van der Waals surface area contributed by atoms with Crippen molar-refractivity contribution in [2.75, 3.05) is 24.2 Å².